The van der Waals surface area contributed by atoms with Crippen LogP contribution in [-0.4, -0.2) is 18.1 Å². The summed E-state index contributed by atoms with van der Waals surface area (Å²) in [5, 5.41) is 3.03. The van der Waals surface area contributed by atoms with Gasteiger partial charge in [-0.3, -0.25) is 4.79 Å². The molecule has 2 aliphatic rings. The van der Waals surface area contributed by atoms with E-state index in [2.05, 4.69) is 5.32 Å². The Balaban J connectivity index is 1.77. The highest BCUT2D eigenvalue weighted by atomic mass is 16.5. The van der Waals surface area contributed by atoms with Crippen LogP contribution >= 0.6 is 0 Å². The smallest absolute Gasteiger partial charge is 0.261 e. The van der Waals surface area contributed by atoms with Crippen LogP contribution in [0.25, 0.3) is 0 Å². The third-order valence-electron chi connectivity index (χ3n) is 3.06. The van der Waals surface area contributed by atoms with Crippen molar-refractivity contribution in [3.8, 4) is 0 Å². The minimum absolute atomic E-state index is 0.0152. The van der Waals surface area contributed by atoms with Gasteiger partial charge in [0.25, 0.3) is 5.91 Å². The van der Waals surface area contributed by atoms with E-state index in [0.717, 1.165) is 12.8 Å². The standard InChI is InChI=1S/C11H18N2O2/c12-10-7-6-9(15-10)11(14)13-8-4-2-1-3-5-8/h7-9H,1-6,12H2,(H,13,14). The summed E-state index contributed by atoms with van der Waals surface area (Å²) < 4.78 is 5.19. The zero-order valence-electron chi connectivity index (χ0n) is 8.87. The SMILES string of the molecule is NC1=CCC(C(=O)NC2CCCCC2)O1. The molecule has 4 heteroatoms. The van der Waals surface area contributed by atoms with E-state index in [-0.39, 0.29) is 5.91 Å². The Morgan fingerprint density at radius 2 is 2.13 bits per heavy atom. The van der Waals surface area contributed by atoms with Crippen molar-refractivity contribution < 1.29 is 9.53 Å². The van der Waals surface area contributed by atoms with Gasteiger partial charge in [-0.2, -0.15) is 0 Å². The molecule has 1 atom stereocenters. The minimum atomic E-state index is -0.396. The summed E-state index contributed by atoms with van der Waals surface area (Å²) in [6, 6.07) is 0.344. The van der Waals surface area contributed by atoms with Gasteiger partial charge in [-0.25, -0.2) is 0 Å². The Bertz CT molecular complexity index is 270. The molecule has 0 bridgehead atoms. The molecule has 0 radical (unpaired) electrons. The lowest BCUT2D eigenvalue weighted by Crippen LogP contribution is -2.42. The quantitative estimate of drug-likeness (QED) is 0.715. The topological polar surface area (TPSA) is 64.4 Å². The molecule has 4 nitrogen and oxygen atoms in total. The minimum Gasteiger partial charge on any atom is -0.466 e. The van der Waals surface area contributed by atoms with E-state index in [9.17, 15) is 4.79 Å². The average Bonchev–Trinajstić information content (AvgIpc) is 2.66. The van der Waals surface area contributed by atoms with Crippen molar-refractivity contribution in [3.05, 3.63) is 12.0 Å². The normalized spacial score (nSPS) is 26.9. The molecule has 0 spiro atoms. The van der Waals surface area contributed by atoms with E-state index in [4.69, 9.17) is 10.5 Å². The average molecular weight is 210 g/mol. The second-order valence-corrected chi connectivity index (χ2v) is 4.29. The second kappa shape index (κ2) is 4.55. The van der Waals surface area contributed by atoms with Crippen LogP contribution in [0.2, 0.25) is 0 Å². The fourth-order valence-electron chi connectivity index (χ4n) is 2.19. The predicted octanol–water partition coefficient (Wildman–Crippen LogP) is 1.02. The first-order valence-electron chi connectivity index (χ1n) is 5.68. The third-order valence-corrected chi connectivity index (χ3v) is 3.06. The maximum absolute atomic E-state index is 11.7. The summed E-state index contributed by atoms with van der Waals surface area (Å²) in [6.07, 6.45) is 7.89. The number of ether oxygens (including phenoxy) is 1. The lowest BCUT2D eigenvalue weighted by atomic mass is 9.95. The van der Waals surface area contributed by atoms with Gasteiger partial charge in [0.15, 0.2) is 12.0 Å². The third kappa shape index (κ3) is 2.64. The molecule has 84 valence electrons. The highest BCUT2D eigenvalue weighted by Gasteiger charge is 2.26. The highest BCUT2D eigenvalue weighted by Crippen LogP contribution is 2.19. The first-order chi connectivity index (χ1) is 7.25. The molecule has 0 aromatic rings. The summed E-state index contributed by atoms with van der Waals surface area (Å²) in [7, 11) is 0. The van der Waals surface area contributed by atoms with E-state index in [1.54, 1.807) is 6.08 Å². The highest BCUT2D eigenvalue weighted by molar-refractivity contribution is 5.81. The van der Waals surface area contributed by atoms with Crippen molar-refractivity contribution in [2.24, 2.45) is 5.73 Å². The van der Waals surface area contributed by atoms with Gasteiger partial charge in [0, 0.05) is 12.5 Å². The fourth-order valence-corrected chi connectivity index (χ4v) is 2.19. The zero-order chi connectivity index (χ0) is 10.7. The maximum atomic E-state index is 11.7. The molecule has 15 heavy (non-hydrogen) atoms. The van der Waals surface area contributed by atoms with Crippen molar-refractivity contribution in [2.75, 3.05) is 0 Å². The molecule has 1 aliphatic carbocycles. The van der Waals surface area contributed by atoms with E-state index in [1.165, 1.54) is 19.3 Å². The number of carbonyl (C=O) groups is 1. The van der Waals surface area contributed by atoms with Gasteiger partial charge in [0.1, 0.15) is 0 Å². The Morgan fingerprint density at radius 3 is 2.73 bits per heavy atom. The first-order valence-corrected chi connectivity index (χ1v) is 5.68. The van der Waals surface area contributed by atoms with Crippen LogP contribution in [-0.2, 0) is 9.53 Å². The summed E-state index contributed by atoms with van der Waals surface area (Å²) >= 11 is 0. The maximum Gasteiger partial charge on any atom is 0.261 e. The van der Waals surface area contributed by atoms with Crippen LogP contribution in [0.4, 0.5) is 0 Å². The van der Waals surface area contributed by atoms with Crippen LogP contribution in [0.1, 0.15) is 38.5 Å². The molecule has 1 saturated carbocycles. The Morgan fingerprint density at radius 1 is 1.40 bits per heavy atom. The van der Waals surface area contributed by atoms with Crippen LogP contribution in [0.5, 0.6) is 0 Å². The summed E-state index contributed by atoms with van der Waals surface area (Å²) in [5.74, 6) is 0.359. The molecule has 3 N–H and O–H groups in total. The number of nitrogens with two attached hydrogens (primary N) is 1. The van der Waals surface area contributed by atoms with Crippen LogP contribution in [0, 0.1) is 0 Å². The van der Waals surface area contributed by atoms with Crippen molar-refractivity contribution in [2.45, 2.75) is 50.7 Å². The number of carbonyl (C=O) groups excluding carboxylic acids is 1. The molecule has 0 aromatic heterocycles. The Kier molecular flexibility index (Phi) is 3.14. The van der Waals surface area contributed by atoms with Gasteiger partial charge in [0.2, 0.25) is 0 Å². The monoisotopic (exact) mass is 210 g/mol. The van der Waals surface area contributed by atoms with Gasteiger partial charge in [-0.15, -0.1) is 0 Å². The van der Waals surface area contributed by atoms with Crippen LogP contribution in [0.3, 0.4) is 0 Å². The first kappa shape index (κ1) is 10.3. The van der Waals surface area contributed by atoms with Gasteiger partial charge in [-0.05, 0) is 18.9 Å². The van der Waals surface area contributed by atoms with Gasteiger partial charge >= 0.3 is 0 Å². The van der Waals surface area contributed by atoms with Gasteiger partial charge in [0.05, 0.1) is 0 Å². The lowest BCUT2D eigenvalue weighted by Gasteiger charge is -2.24. The molecule has 0 saturated heterocycles. The lowest BCUT2D eigenvalue weighted by molar-refractivity contribution is -0.130. The molecule has 1 heterocycles. The van der Waals surface area contributed by atoms with Crippen LogP contribution < -0.4 is 11.1 Å². The molecule has 1 amide bonds. The number of rotatable bonds is 2. The van der Waals surface area contributed by atoms with Crippen molar-refractivity contribution in [3.63, 3.8) is 0 Å². The Hall–Kier alpha value is -1.19. The van der Waals surface area contributed by atoms with E-state index < -0.39 is 6.10 Å². The molecule has 1 aliphatic heterocycles. The van der Waals surface area contributed by atoms with Crippen molar-refractivity contribution in [1.29, 1.82) is 0 Å². The van der Waals surface area contributed by atoms with Gasteiger partial charge in [-0.1, -0.05) is 19.3 Å². The van der Waals surface area contributed by atoms with E-state index in [1.807, 2.05) is 0 Å². The van der Waals surface area contributed by atoms with Crippen molar-refractivity contribution in [1.82, 2.24) is 5.32 Å². The number of amides is 1. The Labute approximate surface area is 89.9 Å². The summed E-state index contributed by atoms with van der Waals surface area (Å²) in [5.41, 5.74) is 5.45. The molecule has 1 fully saturated rings. The number of hydrogen-bond acceptors (Lipinski definition) is 3. The molecule has 1 unspecified atom stereocenters. The summed E-state index contributed by atoms with van der Waals surface area (Å²) in [4.78, 5) is 11.7. The fraction of sp³-hybridized carbons (Fsp3) is 0.727. The van der Waals surface area contributed by atoms with Crippen LogP contribution in [0.15, 0.2) is 12.0 Å². The number of nitrogens with one attached hydrogen (secondary N) is 1. The second-order valence-electron chi connectivity index (χ2n) is 4.29. The predicted molar refractivity (Wildman–Crippen MR) is 56.8 cm³/mol. The van der Waals surface area contributed by atoms with Crippen molar-refractivity contribution >= 4 is 5.91 Å². The largest absolute Gasteiger partial charge is 0.466 e. The number of hydrogen-bond donors (Lipinski definition) is 2. The molecular formula is C11H18N2O2. The van der Waals surface area contributed by atoms with E-state index in [0.29, 0.717) is 18.3 Å². The summed E-state index contributed by atoms with van der Waals surface area (Å²) in [6.45, 7) is 0. The molecule has 2 rings (SSSR count). The van der Waals surface area contributed by atoms with E-state index >= 15 is 0 Å². The molecular weight excluding hydrogens is 192 g/mol. The molecule has 0 aromatic carbocycles. The zero-order valence-corrected chi connectivity index (χ0v) is 8.87. The van der Waals surface area contributed by atoms with Gasteiger partial charge < -0.3 is 15.8 Å².